The molecule has 1 aromatic carbocycles. The number of rotatable bonds is 4. The standard InChI is InChI=1S/C17H19N3O/c1-11-8-14(12(2)21-11)16-10-19-17(20-16)15(9-18)13-6-4-3-5-7-13/h3-8,10,15H,9,18H2,1-2H3,(H,19,20). The Hall–Kier alpha value is -2.33. The van der Waals surface area contributed by atoms with E-state index in [-0.39, 0.29) is 5.92 Å². The van der Waals surface area contributed by atoms with Crippen LogP contribution in [0.4, 0.5) is 0 Å². The van der Waals surface area contributed by atoms with Crippen LogP contribution in [0.5, 0.6) is 0 Å². The van der Waals surface area contributed by atoms with Crippen molar-refractivity contribution in [2.75, 3.05) is 6.54 Å². The van der Waals surface area contributed by atoms with Crippen molar-refractivity contribution in [2.45, 2.75) is 19.8 Å². The summed E-state index contributed by atoms with van der Waals surface area (Å²) in [6, 6.07) is 12.2. The Morgan fingerprint density at radius 2 is 2.00 bits per heavy atom. The Kier molecular flexibility index (Phi) is 3.62. The molecule has 2 heterocycles. The molecular formula is C17H19N3O. The summed E-state index contributed by atoms with van der Waals surface area (Å²) in [5.41, 5.74) is 9.13. The quantitative estimate of drug-likeness (QED) is 0.770. The van der Waals surface area contributed by atoms with Crippen molar-refractivity contribution in [3.8, 4) is 11.3 Å². The molecule has 0 saturated carbocycles. The average Bonchev–Trinajstić information content (AvgIpc) is 3.08. The van der Waals surface area contributed by atoms with Gasteiger partial charge < -0.3 is 15.1 Å². The maximum atomic E-state index is 5.94. The van der Waals surface area contributed by atoms with Crippen LogP contribution in [0.1, 0.15) is 28.8 Å². The maximum absolute atomic E-state index is 5.94. The van der Waals surface area contributed by atoms with Crippen LogP contribution in [0.15, 0.2) is 47.0 Å². The number of aromatic amines is 1. The number of hydrogen-bond donors (Lipinski definition) is 2. The number of aromatic nitrogens is 2. The predicted molar refractivity (Wildman–Crippen MR) is 83.1 cm³/mol. The number of nitrogens with zero attached hydrogens (tertiary/aromatic N) is 1. The van der Waals surface area contributed by atoms with Gasteiger partial charge in [0, 0.05) is 12.1 Å². The first-order valence-electron chi connectivity index (χ1n) is 7.06. The van der Waals surface area contributed by atoms with Crippen molar-refractivity contribution in [3.63, 3.8) is 0 Å². The summed E-state index contributed by atoms with van der Waals surface area (Å²) in [7, 11) is 0. The molecule has 3 aromatic rings. The molecular weight excluding hydrogens is 262 g/mol. The van der Waals surface area contributed by atoms with Crippen LogP contribution >= 0.6 is 0 Å². The number of nitrogens with one attached hydrogen (secondary N) is 1. The first-order chi connectivity index (χ1) is 10.2. The lowest BCUT2D eigenvalue weighted by molar-refractivity contribution is 0.505. The fraction of sp³-hybridized carbons (Fsp3) is 0.235. The topological polar surface area (TPSA) is 67.8 Å². The van der Waals surface area contributed by atoms with Crippen molar-refractivity contribution < 1.29 is 4.42 Å². The molecule has 1 unspecified atom stereocenters. The molecule has 0 aliphatic heterocycles. The van der Waals surface area contributed by atoms with E-state index in [0.29, 0.717) is 6.54 Å². The summed E-state index contributed by atoms with van der Waals surface area (Å²) in [5, 5.41) is 0. The second-order valence-corrected chi connectivity index (χ2v) is 5.21. The van der Waals surface area contributed by atoms with E-state index in [1.807, 2.05) is 44.3 Å². The van der Waals surface area contributed by atoms with Crippen LogP contribution in [-0.4, -0.2) is 16.5 Å². The Bertz CT molecular complexity index is 728. The Labute approximate surface area is 124 Å². The monoisotopic (exact) mass is 281 g/mol. The number of H-pyrrole nitrogens is 1. The number of nitrogens with two attached hydrogens (primary N) is 1. The van der Waals surface area contributed by atoms with Gasteiger partial charge in [0.25, 0.3) is 0 Å². The normalized spacial score (nSPS) is 12.5. The van der Waals surface area contributed by atoms with E-state index in [4.69, 9.17) is 10.2 Å². The van der Waals surface area contributed by atoms with E-state index in [1.54, 1.807) is 0 Å². The molecule has 108 valence electrons. The third-order valence-electron chi connectivity index (χ3n) is 3.69. The number of aryl methyl sites for hydroxylation is 2. The van der Waals surface area contributed by atoms with Crippen molar-refractivity contribution >= 4 is 0 Å². The zero-order valence-electron chi connectivity index (χ0n) is 12.3. The second kappa shape index (κ2) is 5.58. The highest BCUT2D eigenvalue weighted by Gasteiger charge is 2.17. The van der Waals surface area contributed by atoms with Gasteiger partial charge in [-0.3, -0.25) is 0 Å². The molecule has 4 heteroatoms. The number of imidazole rings is 1. The first kappa shape index (κ1) is 13.6. The lowest BCUT2D eigenvalue weighted by atomic mass is 9.99. The van der Waals surface area contributed by atoms with Crippen molar-refractivity contribution in [1.82, 2.24) is 9.97 Å². The van der Waals surface area contributed by atoms with Gasteiger partial charge in [-0.05, 0) is 25.5 Å². The molecule has 0 bridgehead atoms. The molecule has 0 aliphatic rings. The molecule has 0 saturated heterocycles. The predicted octanol–water partition coefficient (Wildman–Crippen LogP) is 3.38. The van der Waals surface area contributed by atoms with Gasteiger partial charge in [0.05, 0.1) is 17.8 Å². The highest BCUT2D eigenvalue weighted by Crippen LogP contribution is 2.28. The fourth-order valence-electron chi connectivity index (χ4n) is 2.64. The minimum absolute atomic E-state index is 0.0771. The summed E-state index contributed by atoms with van der Waals surface area (Å²) < 4.78 is 5.58. The second-order valence-electron chi connectivity index (χ2n) is 5.21. The molecule has 0 aliphatic carbocycles. The van der Waals surface area contributed by atoms with Crippen molar-refractivity contribution in [2.24, 2.45) is 5.73 Å². The van der Waals surface area contributed by atoms with Crippen molar-refractivity contribution in [3.05, 3.63) is 65.5 Å². The van der Waals surface area contributed by atoms with Crippen LogP contribution in [0.25, 0.3) is 11.3 Å². The highest BCUT2D eigenvalue weighted by molar-refractivity contribution is 5.61. The Morgan fingerprint density at radius 3 is 2.62 bits per heavy atom. The van der Waals surface area contributed by atoms with Crippen LogP contribution in [0.2, 0.25) is 0 Å². The molecule has 0 amide bonds. The van der Waals surface area contributed by atoms with Gasteiger partial charge in [0.1, 0.15) is 17.3 Å². The van der Waals surface area contributed by atoms with Gasteiger partial charge in [-0.2, -0.15) is 0 Å². The summed E-state index contributed by atoms with van der Waals surface area (Å²) in [6.07, 6.45) is 1.85. The third kappa shape index (κ3) is 2.62. The van der Waals surface area contributed by atoms with Gasteiger partial charge >= 0.3 is 0 Å². The maximum Gasteiger partial charge on any atom is 0.115 e. The number of furan rings is 1. The van der Waals surface area contributed by atoms with E-state index in [0.717, 1.165) is 28.6 Å². The van der Waals surface area contributed by atoms with Crippen molar-refractivity contribution in [1.29, 1.82) is 0 Å². The van der Waals surface area contributed by atoms with Gasteiger partial charge in [-0.15, -0.1) is 0 Å². The van der Waals surface area contributed by atoms with Crippen LogP contribution < -0.4 is 5.73 Å². The first-order valence-corrected chi connectivity index (χ1v) is 7.06. The summed E-state index contributed by atoms with van der Waals surface area (Å²) in [6.45, 7) is 4.42. The van der Waals surface area contributed by atoms with E-state index in [9.17, 15) is 0 Å². The largest absolute Gasteiger partial charge is 0.466 e. The third-order valence-corrected chi connectivity index (χ3v) is 3.69. The molecule has 3 N–H and O–H groups in total. The van der Waals surface area contributed by atoms with Gasteiger partial charge in [0.15, 0.2) is 0 Å². The molecule has 0 spiro atoms. The summed E-state index contributed by atoms with van der Waals surface area (Å²) in [4.78, 5) is 7.90. The van der Waals surface area contributed by atoms with Crippen LogP contribution in [0, 0.1) is 13.8 Å². The average molecular weight is 281 g/mol. The lowest BCUT2D eigenvalue weighted by Crippen LogP contribution is -2.15. The SMILES string of the molecule is Cc1cc(-c2cnc(C(CN)c3ccccc3)[nH]2)c(C)o1. The fourth-order valence-corrected chi connectivity index (χ4v) is 2.64. The van der Waals surface area contributed by atoms with Gasteiger partial charge in [-0.25, -0.2) is 4.98 Å². The molecule has 0 fully saturated rings. The van der Waals surface area contributed by atoms with Gasteiger partial charge in [0.2, 0.25) is 0 Å². The molecule has 1 atom stereocenters. The van der Waals surface area contributed by atoms with Gasteiger partial charge in [-0.1, -0.05) is 30.3 Å². The Balaban J connectivity index is 1.95. The minimum atomic E-state index is 0.0771. The minimum Gasteiger partial charge on any atom is -0.466 e. The van der Waals surface area contributed by atoms with E-state index >= 15 is 0 Å². The number of benzene rings is 1. The smallest absolute Gasteiger partial charge is 0.115 e. The van der Waals surface area contributed by atoms with E-state index in [2.05, 4.69) is 22.1 Å². The van der Waals surface area contributed by atoms with Crippen LogP contribution in [0.3, 0.4) is 0 Å². The summed E-state index contributed by atoms with van der Waals surface area (Å²) in [5.74, 6) is 2.76. The zero-order valence-corrected chi connectivity index (χ0v) is 12.3. The zero-order chi connectivity index (χ0) is 14.8. The molecule has 21 heavy (non-hydrogen) atoms. The van der Waals surface area contributed by atoms with E-state index < -0.39 is 0 Å². The van der Waals surface area contributed by atoms with E-state index in [1.165, 1.54) is 5.56 Å². The molecule has 0 radical (unpaired) electrons. The molecule has 2 aromatic heterocycles. The van der Waals surface area contributed by atoms with Crippen LogP contribution in [-0.2, 0) is 0 Å². The molecule has 4 nitrogen and oxygen atoms in total. The molecule has 3 rings (SSSR count). The lowest BCUT2D eigenvalue weighted by Gasteiger charge is -2.12. The Morgan fingerprint density at radius 1 is 1.24 bits per heavy atom. The summed E-state index contributed by atoms with van der Waals surface area (Å²) >= 11 is 0. The highest BCUT2D eigenvalue weighted by atomic mass is 16.3. The number of hydrogen-bond acceptors (Lipinski definition) is 3.